The minimum atomic E-state index is 0.296. The van der Waals surface area contributed by atoms with Crippen molar-refractivity contribution < 1.29 is 0 Å². The molecule has 21 heavy (non-hydrogen) atoms. The Labute approximate surface area is 135 Å². The Morgan fingerprint density at radius 3 is 2.67 bits per heavy atom. The van der Waals surface area contributed by atoms with Crippen molar-refractivity contribution in [2.45, 2.75) is 16.6 Å². The van der Waals surface area contributed by atoms with Gasteiger partial charge in [0.15, 0.2) is 0 Å². The van der Waals surface area contributed by atoms with Crippen LogP contribution in [0.2, 0.25) is 5.02 Å². The Bertz CT molecular complexity index is 622. The van der Waals surface area contributed by atoms with E-state index in [9.17, 15) is 5.26 Å². The zero-order valence-electron chi connectivity index (χ0n) is 11.8. The number of hydrogen-bond donors (Lipinski definition) is 1. The molecule has 1 unspecified atom stereocenters. The predicted octanol–water partition coefficient (Wildman–Crippen LogP) is 4.65. The first-order chi connectivity index (χ1) is 10.2. The van der Waals surface area contributed by atoms with E-state index in [2.05, 4.69) is 23.5 Å². The topological polar surface area (TPSA) is 35.8 Å². The van der Waals surface area contributed by atoms with Crippen LogP contribution in [0.1, 0.15) is 22.8 Å². The second-order valence-corrected chi connectivity index (χ2v) is 6.34. The first kappa shape index (κ1) is 15.9. The summed E-state index contributed by atoms with van der Waals surface area (Å²) < 4.78 is 0. The third kappa shape index (κ3) is 4.50. The second kappa shape index (κ2) is 8.09. The van der Waals surface area contributed by atoms with Crippen LogP contribution in [-0.4, -0.2) is 13.6 Å². The molecule has 0 saturated heterocycles. The number of hydrogen-bond acceptors (Lipinski definition) is 3. The number of benzene rings is 2. The molecule has 0 aliphatic carbocycles. The Balaban J connectivity index is 2.27. The van der Waals surface area contributed by atoms with Crippen LogP contribution in [0, 0.1) is 11.3 Å². The summed E-state index contributed by atoms with van der Waals surface area (Å²) in [5.74, 6) is 0. The molecule has 0 spiro atoms. The summed E-state index contributed by atoms with van der Waals surface area (Å²) in [7, 11) is 1.95. The highest BCUT2D eigenvalue weighted by Crippen LogP contribution is 2.39. The smallest absolute Gasteiger partial charge is 0.100 e. The van der Waals surface area contributed by atoms with Crippen molar-refractivity contribution in [2.24, 2.45) is 0 Å². The molecule has 0 bridgehead atoms. The molecular weight excluding hydrogens is 300 g/mol. The quantitative estimate of drug-likeness (QED) is 0.788. The van der Waals surface area contributed by atoms with Gasteiger partial charge in [0.25, 0.3) is 0 Å². The van der Waals surface area contributed by atoms with Gasteiger partial charge in [-0.25, -0.2) is 0 Å². The fourth-order valence-electron chi connectivity index (χ4n) is 2.08. The summed E-state index contributed by atoms with van der Waals surface area (Å²) in [5, 5.41) is 13.4. The number of rotatable bonds is 6. The van der Waals surface area contributed by atoms with Gasteiger partial charge in [0.2, 0.25) is 0 Å². The maximum atomic E-state index is 9.25. The molecule has 0 heterocycles. The Morgan fingerprint density at radius 1 is 1.24 bits per heavy atom. The summed E-state index contributed by atoms with van der Waals surface area (Å²) in [6.07, 6.45) is 0.989. The zero-order valence-corrected chi connectivity index (χ0v) is 13.4. The minimum absolute atomic E-state index is 0.296. The highest BCUT2D eigenvalue weighted by molar-refractivity contribution is 7.99. The maximum Gasteiger partial charge on any atom is 0.100 e. The molecular formula is C17H17ClN2S. The van der Waals surface area contributed by atoms with E-state index in [-0.39, 0.29) is 0 Å². The molecule has 2 rings (SSSR count). The summed E-state index contributed by atoms with van der Waals surface area (Å²) >= 11 is 7.77. The fraction of sp³-hybridized carbons (Fsp3) is 0.235. The number of nitrogens with one attached hydrogen (secondary N) is 1. The molecule has 0 aliphatic rings. The van der Waals surface area contributed by atoms with E-state index in [4.69, 9.17) is 11.6 Å². The average molecular weight is 317 g/mol. The Hall–Kier alpha value is -1.47. The van der Waals surface area contributed by atoms with Gasteiger partial charge >= 0.3 is 0 Å². The van der Waals surface area contributed by atoms with Crippen LogP contribution in [-0.2, 0) is 0 Å². The van der Waals surface area contributed by atoms with Crippen LogP contribution in [0.25, 0.3) is 0 Å². The standard InChI is InChI=1S/C17H17ClN2S/c1-20-10-9-16(13-5-3-2-4-6-13)21-17-11-15(18)8-7-14(17)12-19/h2-8,11,16,20H,9-10H2,1H3. The van der Waals surface area contributed by atoms with Crippen LogP contribution in [0.15, 0.2) is 53.4 Å². The molecule has 2 nitrogen and oxygen atoms in total. The lowest BCUT2D eigenvalue weighted by Crippen LogP contribution is -2.10. The van der Waals surface area contributed by atoms with Crippen LogP contribution < -0.4 is 5.32 Å². The molecule has 0 amide bonds. The van der Waals surface area contributed by atoms with Crippen molar-refractivity contribution in [3.63, 3.8) is 0 Å². The average Bonchev–Trinajstić information content (AvgIpc) is 2.52. The van der Waals surface area contributed by atoms with Gasteiger partial charge in [-0.1, -0.05) is 41.9 Å². The van der Waals surface area contributed by atoms with Crippen LogP contribution in [0.4, 0.5) is 0 Å². The second-order valence-electron chi connectivity index (χ2n) is 4.66. The lowest BCUT2D eigenvalue weighted by atomic mass is 10.1. The molecule has 2 aromatic carbocycles. The molecule has 0 radical (unpaired) electrons. The van der Waals surface area contributed by atoms with Crippen molar-refractivity contribution in [1.82, 2.24) is 5.32 Å². The summed E-state index contributed by atoms with van der Waals surface area (Å²) in [6, 6.07) is 18.0. The van der Waals surface area contributed by atoms with E-state index in [1.807, 2.05) is 31.3 Å². The van der Waals surface area contributed by atoms with Crippen LogP contribution >= 0.6 is 23.4 Å². The van der Waals surface area contributed by atoms with Gasteiger partial charge < -0.3 is 5.32 Å². The molecule has 1 N–H and O–H groups in total. The number of thioether (sulfide) groups is 1. The first-order valence-corrected chi connectivity index (χ1v) is 8.06. The molecule has 108 valence electrons. The van der Waals surface area contributed by atoms with E-state index in [1.54, 1.807) is 23.9 Å². The van der Waals surface area contributed by atoms with E-state index in [0.29, 0.717) is 15.8 Å². The molecule has 4 heteroatoms. The van der Waals surface area contributed by atoms with Crippen molar-refractivity contribution in [2.75, 3.05) is 13.6 Å². The van der Waals surface area contributed by atoms with E-state index in [0.717, 1.165) is 17.9 Å². The third-order valence-corrected chi connectivity index (χ3v) is 4.78. The lowest BCUT2D eigenvalue weighted by Gasteiger charge is -2.18. The van der Waals surface area contributed by atoms with E-state index < -0.39 is 0 Å². The van der Waals surface area contributed by atoms with Gasteiger partial charge in [-0.2, -0.15) is 5.26 Å². The lowest BCUT2D eigenvalue weighted by molar-refractivity contribution is 0.715. The summed E-state index contributed by atoms with van der Waals surface area (Å²) in [5.41, 5.74) is 1.94. The molecule has 0 fully saturated rings. The van der Waals surface area contributed by atoms with Gasteiger partial charge in [0.05, 0.1) is 5.56 Å². The minimum Gasteiger partial charge on any atom is -0.320 e. The SMILES string of the molecule is CNCCC(Sc1cc(Cl)ccc1C#N)c1ccccc1. The number of nitriles is 1. The van der Waals surface area contributed by atoms with Crippen molar-refractivity contribution >= 4 is 23.4 Å². The van der Waals surface area contributed by atoms with Gasteiger partial charge in [0, 0.05) is 15.2 Å². The monoisotopic (exact) mass is 316 g/mol. The van der Waals surface area contributed by atoms with Crippen molar-refractivity contribution in [3.8, 4) is 6.07 Å². The highest BCUT2D eigenvalue weighted by atomic mass is 35.5. The molecule has 1 atom stereocenters. The Kier molecular flexibility index (Phi) is 6.13. The first-order valence-electron chi connectivity index (χ1n) is 6.80. The van der Waals surface area contributed by atoms with Crippen molar-refractivity contribution in [1.29, 1.82) is 5.26 Å². The van der Waals surface area contributed by atoms with E-state index in [1.165, 1.54) is 5.56 Å². The van der Waals surface area contributed by atoms with Gasteiger partial charge in [-0.15, -0.1) is 11.8 Å². The third-order valence-electron chi connectivity index (χ3n) is 3.16. The van der Waals surface area contributed by atoms with E-state index >= 15 is 0 Å². The molecule has 2 aromatic rings. The summed E-state index contributed by atoms with van der Waals surface area (Å²) in [4.78, 5) is 0.940. The van der Waals surface area contributed by atoms with Crippen molar-refractivity contribution in [3.05, 3.63) is 64.7 Å². The predicted molar refractivity (Wildman–Crippen MR) is 89.8 cm³/mol. The van der Waals surface area contributed by atoms with Crippen LogP contribution in [0.3, 0.4) is 0 Å². The molecule has 0 aliphatic heterocycles. The summed E-state index contributed by atoms with van der Waals surface area (Å²) in [6.45, 7) is 0.926. The molecule has 0 aromatic heterocycles. The maximum absolute atomic E-state index is 9.25. The van der Waals surface area contributed by atoms with Crippen LogP contribution in [0.5, 0.6) is 0 Å². The highest BCUT2D eigenvalue weighted by Gasteiger charge is 2.15. The zero-order chi connectivity index (χ0) is 15.1. The molecule has 0 saturated carbocycles. The normalized spacial score (nSPS) is 11.9. The van der Waals surface area contributed by atoms with Gasteiger partial charge in [-0.3, -0.25) is 0 Å². The number of halogens is 1. The Morgan fingerprint density at radius 2 is 2.00 bits per heavy atom. The van der Waals surface area contributed by atoms with Gasteiger partial charge in [-0.05, 0) is 43.8 Å². The number of nitrogens with zero attached hydrogens (tertiary/aromatic N) is 1. The largest absolute Gasteiger partial charge is 0.320 e. The van der Waals surface area contributed by atoms with Gasteiger partial charge in [0.1, 0.15) is 6.07 Å². The fourth-order valence-corrected chi connectivity index (χ4v) is 3.58.